The zero-order chi connectivity index (χ0) is 17.2. The smallest absolute Gasteiger partial charge is 0.342 e. The number of methoxy groups -OCH3 is 2. The molecule has 7 heteroatoms. The number of aryl methyl sites for hydroxylation is 1. The van der Waals surface area contributed by atoms with Gasteiger partial charge in [0.25, 0.3) is 0 Å². The molecule has 5 nitrogen and oxygen atoms in total. The maximum absolute atomic E-state index is 14.1. The van der Waals surface area contributed by atoms with Crippen molar-refractivity contribution in [3.05, 3.63) is 47.3 Å². The number of ether oxygens (including phenoxy) is 2. The summed E-state index contributed by atoms with van der Waals surface area (Å²) in [6.45, 7) is 3.55. The Morgan fingerprint density at radius 3 is 2.17 bits per heavy atom. The third kappa shape index (κ3) is 3.39. The van der Waals surface area contributed by atoms with Crippen LogP contribution in [-0.2, 0) is 10.1 Å². The Bertz CT molecular complexity index is 831. The Kier molecular flexibility index (Phi) is 4.79. The van der Waals surface area contributed by atoms with Crippen LogP contribution in [0.15, 0.2) is 35.2 Å². The summed E-state index contributed by atoms with van der Waals surface area (Å²) in [5.74, 6) is -0.639. The summed E-state index contributed by atoms with van der Waals surface area (Å²) in [6.07, 6.45) is 0. The Morgan fingerprint density at radius 1 is 0.957 bits per heavy atom. The largest absolute Gasteiger partial charge is 0.493 e. The highest BCUT2D eigenvalue weighted by Crippen LogP contribution is 2.33. The van der Waals surface area contributed by atoms with Crippen LogP contribution in [0.2, 0.25) is 0 Å². The van der Waals surface area contributed by atoms with Crippen molar-refractivity contribution in [2.45, 2.75) is 18.7 Å². The molecule has 0 aliphatic heterocycles. The topological polar surface area (TPSA) is 61.8 Å². The lowest BCUT2D eigenvalue weighted by Crippen LogP contribution is -2.13. The van der Waals surface area contributed by atoms with E-state index in [1.807, 2.05) is 13.0 Å². The predicted octanol–water partition coefficient (Wildman–Crippen LogP) is 3.23. The zero-order valence-electron chi connectivity index (χ0n) is 13.2. The summed E-state index contributed by atoms with van der Waals surface area (Å²) in [6, 6.07) is 6.98. The van der Waals surface area contributed by atoms with Crippen LogP contribution in [0.1, 0.15) is 11.1 Å². The second-order valence-corrected chi connectivity index (χ2v) is 6.39. The molecule has 2 rings (SSSR count). The number of rotatable bonds is 5. The number of halogens is 1. The molecule has 0 fully saturated rings. The normalized spacial score (nSPS) is 11.2. The van der Waals surface area contributed by atoms with Crippen LogP contribution >= 0.6 is 0 Å². The molecule has 23 heavy (non-hydrogen) atoms. The van der Waals surface area contributed by atoms with Crippen LogP contribution in [-0.4, -0.2) is 22.6 Å². The van der Waals surface area contributed by atoms with Gasteiger partial charge in [0.05, 0.1) is 14.2 Å². The molecule has 0 saturated heterocycles. The maximum atomic E-state index is 14.1. The van der Waals surface area contributed by atoms with Gasteiger partial charge < -0.3 is 13.7 Å². The van der Waals surface area contributed by atoms with Crippen molar-refractivity contribution in [1.29, 1.82) is 0 Å². The van der Waals surface area contributed by atoms with E-state index >= 15 is 0 Å². The van der Waals surface area contributed by atoms with Gasteiger partial charge in [0, 0.05) is 12.1 Å². The van der Waals surface area contributed by atoms with Gasteiger partial charge in [-0.1, -0.05) is 12.1 Å². The molecule has 0 atom stereocenters. The van der Waals surface area contributed by atoms with Crippen molar-refractivity contribution < 1.29 is 26.5 Å². The highest BCUT2D eigenvalue weighted by Gasteiger charge is 2.25. The first kappa shape index (κ1) is 17.1. The Hall–Kier alpha value is -2.28. The molecule has 124 valence electrons. The first-order valence-electron chi connectivity index (χ1n) is 6.72. The molecule has 0 spiro atoms. The lowest BCUT2D eigenvalue weighted by molar-refractivity contribution is 0.349. The van der Waals surface area contributed by atoms with E-state index in [1.165, 1.54) is 20.3 Å². The lowest BCUT2D eigenvalue weighted by Gasteiger charge is -2.13. The molecule has 0 bridgehead atoms. The Balaban J connectivity index is 2.50. The van der Waals surface area contributed by atoms with E-state index in [0.717, 1.165) is 17.7 Å². The molecule has 0 radical (unpaired) electrons. The Labute approximate surface area is 134 Å². The summed E-state index contributed by atoms with van der Waals surface area (Å²) in [5, 5.41) is 0. The highest BCUT2D eigenvalue weighted by molar-refractivity contribution is 7.87. The molecule has 0 aromatic heterocycles. The van der Waals surface area contributed by atoms with Gasteiger partial charge in [-0.25, -0.2) is 4.39 Å². The summed E-state index contributed by atoms with van der Waals surface area (Å²) < 4.78 is 54.0. The molecular formula is C16H17FO5S. The second kappa shape index (κ2) is 6.45. The van der Waals surface area contributed by atoms with Crippen molar-refractivity contribution in [3.63, 3.8) is 0 Å². The zero-order valence-corrected chi connectivity index (χ0v) is 14.0. The minimum absolute atomic E-state index is 0.0932. The van der Waals surface area contributed by atoms with Crippen molar-refractivity contribution in [2.75, 3.05) is 14.2 Å². The van der Waals surface area contributed by atoms with Crippen molar-refractivity contribution >= 4 is 10.1 Å². The van der Waals surface area contributed by atoms with Gasteiger partial charge in [-0.2, -0.15) is 8.42 Å². The van der Waals surface area contributed by atoms with Gasteiger partial charge in [0.2, 0.25) is 0 Å². The minimum atomic E-state index is -4.35. The number of hydrogen-bond acceptors (Lipinski definition) is 5. The van der Waals surface area contributed by atoms with Crippen LogP contribution < -0.4 is 13.7 Å². The molecule has 2 aromatic rings. The fraction of sp³-hybridized carbons (Fsp3) is 0.250. The molecule has 0 unspecified atom stereocenters. The van der Waals surface area contributed by atoms with Crippen molar-refractivity contribution in [3.8, 4) is 17.2 Å². The van der Waals surface area contributed by atoms with Gasteiger partial charge in [0.15, 0.2) is 11.5 Å². The van der Waals surface area contributed by atoms with Crippen LogP contribution in [0.5, 0.6) is 17.2 Å². The average molecular weight is 340 g/mol. The van der Waals surface area contributed by atoms with Crippen molar-refractivity contribution in [2.24, 2.45) is 0 Å². The fourth-order valence-corrected chi connectivity index (χ4v) is 3.06. The SMILES string of the molecule is COc1cc(F)c(S(=O)(=O)Oc2cccc(C)c2C)cc1OC. The van der Waals surface area contributed by atoms with E-state index < -0.39 is 20.8 Å². The van der Waals surface area contributed by atoms with E-state index in [4.69, 9.17) is 13.7 Å². The predicted molar refractivity (Wildman–Crippen MR) is 83.2 cm³/mol. The minimum Gasteiger partial charge on any atom is -0.493 e. The molecule has 2 aromatic carbocycles. The number of benzene rings is 2. The van der Waals surface area contributed by atoms with E-state index in [0.29, 0.717) is 5.56 Å². The second-order valence-electron chi connectivity index (χ2n) is 4.87. The van der Waals surface area contributed by atoms with E-state index in [2.05, 4.69) is 0 Å². The molecule has 0 amide bonds. The summed E-state index contributed by atoms with van der Waals surface area (Å²) in [7, 11) is -1.69. The quantitative estimate of drug-likeness (QED) is 0.782. The van der Waals surface area contributed by atoms with E-state index in [-0.39, 0.29) is 17.2 Å². The van der Waals surface area contributed by atoms with E-state index in [1.54, 1.807) is 13.0 Å². The van der Waals surface area contributed by atoms with E-state index in [9.17, 15) is 12.8 Å². The molecule has 0 aliphatic rings. The molecular weight excluding hydrogens is 323 g/mol. The summed E-state index contributed by atoms with van der Waals surface area (Å²) >= 11 is 0. The van der Waals surface area contributed by atoms with Crippen LogP contribution in [0.3, 0.4) is 0 Å². The first-order chi connectivity index (χ1) is 10.8. The van der Waals surface area contributed by atoms with Crippen LogP contribution in [0.4, 0.5) is 4.39 Å². The van der Waals surface area contributed by atoms with Crippen LogP contribution in [0.25, 0.3) is 0 Å². The van der Waals surface area contributed by atoms with Gasteiger partial charge in [0.1, 0.15) is 16.5 Å². The standard InChI is InChI=1S/C16H17FO5S/c1-10-6-5-7-13(11(10)2)22-23(18,19)16-9-15(21-4)14(20-3)8-12(16)17/h5-9H,1-4H3. The monoisotopic (exact) mass is 340 g/mol. The van der Waals surface area contributed by atoms with Gasteiger partial charge in [-0.05, 0) is 31.0 Å². The van der Waals surface area contributed by atoms with Gasteiger partial charge in [-0.3, -0.25) is 0 Å². The summed E-state index contributed by atoms with van der Waals surface area (Å²) in [4.78, 5) is -0.615. The average Bonchev–Trinajstić information content (AvgIpc) is 2.51. The summed E-state index contributed by atoms with van der Waals surface area (Å²) in [5.41, 5.74) is 1.53. The third-order valence-corrected chi connectivity index (χ3v) is 4.71. The molecule has 0 aliphatic carbocycles. The number of hydrogen-bond donors (Lipinski definition) is 0. The highest BCUT2D eigenvalue weighted by atomic mass is 32.2. The third-order valence-electron chi connectivity index (χ3n) is 3.46. The molecule has 0 saturated carbocycles. The molecule has 0 heterocycles. The fourth-order valence-electron chi connectivity index (χ4n) is 2.00. The van der Waals surface area contributed by atoms with Gasteiger partial charge >= 0.3 is 10.1 Å². The Morgan fingerprint density at radius 2 is 1.57 bits per heavy atom. The first-order valence-corrected chi connectivity index (χ1v) is 8.13. The van der Waals surface area contributed by atoms with Crippen molar-refractivity contribution in [1.82, 2.24) is 0 Å². The van der Waals surface area contributed by atoms with Gasteiger partial charge in [-0.15, -0.1) is 0 Å². The maximum Gasteiger partial charge on any atom is 0.342 e. The molecule has 0 N–H and O–H groups in total. The van der Waals surface area contributed by atoms with Crippen LogP contribution in [0, 0.1) is 19.7 Å². The lowest BCUT2D eigenvalue weighted by atomic mass is 10.1.